The first-order valence-electron chi connectivity index (χ1n) is 8.07. The SMILES string of the molecule is O=C(O)c1ccc(N2CCC(Cc3ccc(C(F)(F)F)cc3)C2)cc1. The van der Waals surface area contributed by atoms with Crippen molar-refractivity contribution in [3.05, 3.63) is 65.2 Å². The van der Waals surface area contributed by atoms with Gasteiger partial charge in [-0.25, -0.2) is 4.79 Å². The Morgan fingerprint density at radius 1 is 1.08 bits per heavy atom. The molecule has 1 aliphatic heterocycles. The second kappa shape index (κ2) is 6.78. The van der Waals surface area contributed by atoms with Crippen LogP contribution < -0.4 is 4.90 Å². The third-order valence-corrected chi connectivity index (χ3v) is 4.57. The van der Waals surface area contributed by atoms with Crippen molar-refractivity contribution >= 4 is 11.7 Å². The highest BCUT2D eigenvalue weighted by atomic mass is 19.4. The van der Waals surface area contributed by atoms with Crippen LogP contribution in [0.25, 0.3) is 0 Å². The first-order valence-corrected chi connectivity index (χ1v) is 8.07. The predicted molar refractivity (Wildman–Crippen MR) is 88.9 cm³/mol. The van der Waals surface area contributed by atoms with Gasteiger partial charge < -0.3 is 10.0 Å². The molecule has 0 amide bonds. The average Bonchev–Trinajstić information content (AvgIpc) is 3.03. The fourth-order valence-corrected chi connectivity index (χ4v) is 3.21. The number of rotatable bonds is 4. The fraction of sp³-hybridized carbons (Fsp3) is 0.316. The summed E-state index contributed by atoms with van der Waals surface area (Å²) in [5.74, 6) is -0.580. The van der Waals surface area contributed by atoms with Crippen LogP contribution in [0.4, 0.5) is 18.9 Å². The quantitative estimate of drug-likeness (QED) is 0.885. The third kappa shape index (κ3) is 4.13. The lowest BCUT2D eigenvalue weighted by molar-refractivity contribution is -0.137. The first kappa shape index (κ1) is 17.3. The number of alkyl halides is 3. The summed E-state index contributed by atoms with van der Waals surface area (Å²) in [5, 5.41) is 8.93. The van der Waals surface area contributed by atoms with E-state index in [9.17, 15) is 18.0 Å². The van der Waals surface area contributed by atoms with Crippen molar-refractivity contribution < 1.29 is 23.1 Å². The molecule has 1 saturated heterocycles. The minimum Gasteiger partial charge on any atom is -0.478 e. The van der Waals surface area contributed by atoms with Crippen molar-refractivity contribution in [3.63, 3.8) is 0 Å². The number of nitrogens with zero attached hydrogens (tertiary/aromatic N) is 1. The molecule has 1 atom stereocenters. The second-order valence-corrected chi connectivity index (χ2v) is 6.35. The molecule has 0 bridgehead atoms. The molecule has 0 spiro atoms. The number of halogens is 3. The van der Waals surface area contributed by atoms with Crippen molar-refractivity contribution in [2.75, 3.05) is 18.0 Å². The highest BCUT2D eigenvalue weighted by Crippen LogP contribution is 2.30. The minimum atomic E-state index is -4.30. The number of anilines is 1. The maximum Gasteiger partial charge on any atom is 0.416 e. The minimum absolute atomic E-state index is 0.254. The molecule has 0 aliphatic carbocycles. The molecule has 0 aromatic heterocycles. The Morgan fingerprint density at radius 2 is 1.72 bits per heavy atom. The zero-order valence-corrected chi connectivity index (χ0v) is 13.5. The van der Waals surface area contributed by atoms with Crippen LogP contribution in [0.1, 0.15) is 27.9 Å². The lowest BCUT2D eigenvalue weighted by Crippen LogP contribution is -2.20. The number of carboxylic acid groups (broad SMARTS) is 1. The average molecular weight is 349 g/mol. The van der Waals surface area contributed by atoms with Gasteiger partial charge in [-0.3, -0.25) is 0 Å². The largest absolute Gasteiger partial charge is 0.478 e. The van der Waals surface area contributed by atoms with E-state index in [4.69, 9.17) is 5.11 Å². The van der Waals surface area contributed by atoms with E-state index in [1.165, 1.54) is 0 Å². The molecule has 3 rings (SSSR count). The molecule has 1 N–H and O–H groups in total. The molecule has 2 aromatic rings. The van der Waals surface area contributed by atoms with Gasteiger partial charge >= 0.3 is 12.1 Å². The normalized spacial score (nSPS) is 17.7. The lowest BCUT2D eigenvalue weighted by Gasteiger charge is -2.19. The van der Waals surface area contributed by atoms with Gasteiger partial charge in [0.25, 0.3) is 0 Å². The topological polar surface area (TPSA) is 40.5 Å². The Hall–Kier alpha value is -2.50. The third-order valence-electron chi connectivity index (χ3n) is 4.57. The van der Waals surface area contributed by atoms with E-state index >= 15 is 0 Å². The summed E-state index contributed by atoms with van der Waals surface area (Å²) in [4.78, 5) is 13.1. The molecule has 132 valence electrons. The summed E-state index contributed by atoms with van der Waals surface area (Å²) in [6, 6.07) is 12.1. The zero-order chi connectivity index (χ0) is 18.0. The number of carboxylic acids is 1. The molecule has 1 unspecified atom stereocenters. The first-order chi connectivity index (χ1) is 11.8. The molecular formula is C19H18F3NO2. The number of hydrogen-bond acceptors (Lipinski definition) is 2. The Morgan fingerprint density at radius 3 is 2.28 bits per heavy atom. The highest BCUT2D eigenvalue weighted by molar-refractivity contribution is 5.88. The van der Waals surface area contributed by atoms with Crippen LogP contribution in [0.3, 0.4) is 0 Å². The van der Waals surface area contributed by atoms with E-state index in [-0.39, 0.29) is 5.56 Å². The summed E-state index contributed by atoms with van der Waals surface area (Å²) in [7, 11) is 0. The van der Waals surface area contributed by atoms with Gasteiger partial charge in [-0.05, 0) is 60.7 Å². The van der Waals surface area contributed by atoms with Crippen molar-refractivity contribution in [2.24, 2.45) is 5.92 Å². The highest BCUT2D eigenvalue weighted by Gasteiger charge is 2.30. The van der Waals surface area contributed by atoms with Gasteiger partial charge in [0.15, 0.2) is 0 Å². The molecule has 6 heteroatoms. The summed E-state index contributed by atoms with van der Waals surface area (Å²) >= 11 is 0. The van der Waals surface area contributed by atoms with E-state index in [1.807, 2.05) is 0 Å². The lowest BCUT2D eigenvalue weighted by atomic mass is 9.98. The second-order valence-electron chi connectivity index (χ2n) is 6.35. The van der Waals surface area contributed by atoms with Crippen molar-refractivity contribution in [1.82, 2.24) is 0 Å². The van der Waals surface area contributed by atoms with Crippen LogP contribution in [0.5, 0.6) is 0 Å². The smallest absolute Gasteiger partial charge is 0.416 e. The van der Waals surface area contributed by atoms with Crippen LogP contribution in [-0.4, -0.2) is 24.2 Å². The fourth-order valence-electron chi connectivity index (χ4n) is 3.21. The maximum absolute atomic E-state index is 12.6. The Balaban J connectivity index is 1.60. The summed E-state index contributed by atoms with van der Waals surface area (Å²) < 4.78 is 37.8. The number of carbonyl (C=O) groups is 1. The molecule has 0 saturated carbocycles. The molecule has 0 radical (unpaired) electrons. The maximum atomic E-state index is 12.6. The van der Waals surface area contributed by atoms with Gasteiger partial charge in [0.1, 0.15) is 0 Å². The Kier molecular flexibility index (Phi) is 4.70. The molecule has 1 fully saturated rings. The van der Waals surface area contributed by atoms with E-state index < -0.39 is 17.7 Å². The van der Waals surface area contributed by atoms with Gasteiger partial charge in [-0.1, -0.05) is 12.1 Å². The molecule has 3 nitrogen and oxygen atoms in total. The zero-order valence-electron chi connectivity index (χ0n) is 13.5. The van der Waals surface area contributed by atoms with Crippen molar-refractivity contribution in [1.29, 1.82) is 0 Å². The van der Waals surface area contributed by atoms with Gasteiger partial charge in [0.2, 0.25) is 0 Å². The molecule has 1 aliphatic rings. The van der Waals surface area contributed by atoms with Crippen LogP contribution in [0, 0.1) is 5.92 Å². The van der Waals surface area contributed by atoms with E-state index in [0.29, 0.717) is 5.92 Å². The van der Waals surface area contributed by atoms with Crippen molar-refractivity contribution in [2.45, 2.75) is 19.0 Å². The molecule has 1 heterocycles. The van der Waals surface area contributed by atoms with Gasteiger partial charge in [-0.2, -0.15) is 13.2 Å². The van der Waals surface area contributed by atoms with Crippen LogP contribution >= 0.6 is 0 Å². The summed E-state index contributed by atoms with van der Waals surface area (Å²) in [6.07, 6.45) is -2.60. The Labute approximate surface area is 143 Å². The van der Waals surface area contributed by atoms with Crippen LogP contribution in [0.2, 0.25) is 0 Å². The van der Waals surface area contributed by atoms with Gasteiger partial charge in [0, 0.05) is 18.8 Å². The summed E-state index contributed by atoms with van der Waals surface area (Å²) in [6.45, 7) is 1.67. The molecule has 25 heavy (non-hydrogen) atoms. The Bertz CT molecular complexity index is 739. The van der Waals surface area contributed by atoms with Gasteiger partial charge in [0.05, 0.1) is 11.1 Å². The molecular weight excluding hydrogens is 331 g/mol. The van der Waals surface area contributed by atoms with E-state index in [0.717, 1.165) is 49.3 Å². The molecule has 2 aromatic carbocycles. The summed E-state index contributed by atoms with van der Waals surface area (Å²) in [5.41, 5.74) is 1.51. The van der Waals surface area contributed by atoms with E-state index in [1.54, 1.807) is 36.4 Å². The predicted octanol–water partition coefficient (Wildman–Crippen LogP) is 4.47. The van der Waals surface area contributed by atoms with Crippen LogP contribution in [0.15, 0.2) is 48.5 Å². The van der Waals surface area contributed by atoms with Gasteiger partial charge in [-0.15, -0.1) is 0 Å². The van der Waals surface area contributed by atoms with Crippen molar-refractivity contribution in [3.8, 4) is 0 Å². The van der Waals surface area contributed by atoms with E-state index in [2.05, 4.69) is 4.90 Å². The number of hydrogen-bond donors (Lipinski definition) is 1. The standard InChI is InChI=1S/C19H18F3NO2/c20-19(21,22)16-5-1-13(2-6-16)11-14-9-10-23(12-14)17-7-3-15(4-8-17)18(24)25/h1-8,14H,9-12H2,(H,24,25). The van der Waals surface area contributed by atoms with Crippen LogP contribution in [-0.2, 0) is 12.6 Å². The number of benzene rings is 2. The number of aromatic carboxylic acids is 1. The monoisotopic (exact) mass is 349 g/mol.